The van der Waals surface area contributed by atoms with Gasteiger partial charge in [0.15, 0.2) is 0 Å². The highest BCUT2D eigenvalue weighted by molar-refractivity contribution is 5.75. The Bertz CT molecular complexity index is 734. The summed E-state index contributed by atoms with van der Waals surface area (Å²) in [7, 11) is 5.47. The first-order chi connectivity index (χ1) is 12.5. The molecular weight excluding hydrogens is 331 g/mol. The summed E-state index contributed by atoms with van der Waals surface area (Å²) in [6.07, 6.45) is 2.13. The third-order valence-electron chi connectivity index (χ3n) is 4.43. The molecule has 0 unspecified atom stereocenters. The number of rotatable bonds is 4. The van der Waals surface area contributed by atoms with Gasteiger partial charge in [0.25, 0.3) is 0 Å². The number of ether oxygens (including phenoxy) is 1. The zero-order chi connectivity index (χ0) is 18.9. The van der Waals surface area contributed by atoms with E-state index in [1.165, 1.54) is 23.3 Å². The molecule has 0 aromatic heterocycles. The molecule has 140 valence electrons. The van der Waals surface area contributed by atoms with Crippen LogP contribution < -0.4 is 10.1 Å². The average molecular weight is 358 g/mol. The second kappa shape index (κ2) is 9.92. The molecule has 2 aromatic carbocycles. The van der Waals surface area contributed by atoms with Gasteiger partial charge in [-0.05, 0) is 60.8 Å². The van der Waals surface area contributed by atoms with Crippen LogP contribution in [0.3, 0.4) is 0 Å². The molecule has 2 aromatic rings. The van der Waals surface area contributed by atoms with Crippen LogP contribution in [-0.2, 0) is 24.2 Å². The summed E-state index contributed by atoms with van der Waals surface area (Å²) in [5.74, 6) is 0.696. The van der Waals surface area contributed by atoms with Crippen LogP contribution in [0.1, 0.15) is 23.1 Å². The van der Waals surface area contributed by atoms with E-state index in [2.05, 4.69) is 29.4 Å². The molecule has 0 radical (unpaired) electrons. The van der Waals surface area contributed by atoms with E-state index >= 15 is 0 Å². The predicted octanol–water partition coefficient (Wildman–Crippen LogP) is 3.19. The van der Waals surface area contributed by atoms with E-state index in [1.807, 2.05) is 12.1 Å². The summed E-state index contributed by atoms with van der Waals surface area (Å²) in [4.78, 5) is 13.2. The van der Waals surface area contributed by atoms with Gasteiger partial charge in [-0.15, -0.1) is 0 Å². The molecule has 26 heavy (non-hydrogen) atoms. The minimum absolute atomic E-state index is 0.0238. The van der Waals surface area contributed by atoms with E-state index in [1.54, 1.807) is 20.2 Å². The van der Waals surface area contributed by atoms with Crippen molar-refractivity contribution in [2.24, 2.45) is 0 Å². The van der Waals surface area contributed by atoms with Gasteiger partial charge in [0.1, 0.15) is 11.6 Å². The summed E-state index contributed by atoms with van der Waals surface area (Å²) >= 11 is 0. The van der Waals surface area contributed by atoms with Crippen molar-refractivity contribution in [3.05, 3.63) is 65.0 Å². The predicted molar refractivity (Wildman–Crippen MR) is 102 cm³/mol. The van der Waals surface area contributed by atoms with Crippen LogP contribution in [0.4, 0.5) is 4.39 Å². The fourth-order valence-electron chi connectivity index (χ4n) is 2.87. The Balaban J connectivity index is 0.000000187. The Morgan fingerprint density at radius 2 is 2.04 bits per heavy atom. The van der Waals surface area contributed by atoms with Crippen molar-refractivity contribution < 1.29 is 13.9 Å². The molecule has 0 bridgehead atoms. The zero-order valence-electron chi connectivity index (χ0n) is 15.7. The number of hydrogen-bond acceptors (Lipinski definition) is 3. The Kier molecular flexibility index (Phi) is 7.60. The number of nitrogens with one attached hydrogen (secondary N) is 1. The van der Waals surface area contributed by atoms with Crippen LogP contribution in [0, 0.1) is 5.82 Å². The van der Waals surface area contributed by atoms with E-state index in [9.17, 15) is 9.18 Å². The van der Waals surface area contributed by atoms with Crippen molar-refractivity contribution in [2.45, 2.75) is 25.8 Å². The third-order valence-corrected chi connectivity index (χ3v) is 4.43. The Hall–Kier alpha value is -2.40. The number of halogens is 1. The SMILES string of the molecule is CNC(=O)CCc1cccc(F)c1.COc1ccc2c(c1)CCN(C)C2. The number of nitrogens with zero attached hydrogens (tertiary/aromatic N) is 1. The monoisotopic (exact) mass is 358 g/mol. The Morgan fingerprint density at radius 3 is 2.73 bits per heavy atom. The lowest BCUT2D eigenvalue weighted by Gasteiger charge is -2.25. The summed E-state index contributed by atoms with van der Waals surface area (Å²) in [6, 6.07) is 12.7. The van der Waals surface area contributed by atoms with Crippen molar-refractivity contribution in [1.82, 2.24) is 10.2 Å². The van der Waals surface area contributed by atoms with Crippen molar-refractivity contribution >= 4 is 5.91 Å². The first kappa shape index (κ1) is 19.9. The molecule has 0 saturated carbocycles. The summed E-state index contributed by atoms with van der Waals surface area (Å²) in [5.41, 5.74) is 3.73. The van der Waals surface area contributed by atoms with Gasteiger partial charge in [-0.25, -0.2) is 4.39 Å². The van der Waals surface area contributed by atoms with E-state index in [4.69, 9.17) is 4.74 Å². The number of methoxy groups -OCH3 is 1. The molecule has 1 N–H and O–H groups in total. The molecule has 0 saturated heterocycles. The smallest absolute Gasteiger partial charge is 0.220 e. The fourth-order valence-corrected chi connectivity index (χ4v) is 2.87. The maximum absolute atomic E-state index is 12.7. The number of carbonyl (C=O) groups excluding carboxylic acids is 1. The Labute approximate surface area is 155 Å². The minimum Gasteiger partial charge on any atom is -0.497 e. The minimum atomic E-state index is -0.255. The van der Waals surface area contributed by atoms with Gasteiger partial charge in [-0.1, -0.05) is 18.2 Å². The molecule has 1 amide bonds. The maximum atomic E-state index is 12.7. The fraction of sp³-hybridized carbons (Fsp3) is 0.381. The second-order valence-electron chi connectivity index (χ2n) is 6.43. The number of hydrogen-bond donors (Lipinski definition) is 1. The van der Waals surface area contributed by atoms with Crippen molar-refractivity contribution in [1.29, 1.82) is 0 Å². The van der Waals surface area contributed by atoms with Crippen LogP contribution >= 0.6 is 0 Å². The van der Waals surface area contributed by atoms with Gasteiger partial charge >= 0.3 is 0 Å². The van der Waals surface area contributed by atoms with Crippen molar-refractivity contribution in [3.63, 3.8) is 0 Å². The highest BCUT2D eigenvalue weighted by atomic mass is 19.1. The summed E-state index contributed by atoms with van der Waals surface area (Å²) in [6.45, 7) is 2.22. The van der Waals surface area contributed by atoms with E-state index in [-0.39, 0.29) is 11.7 Å². The second-order valence-corrected chi connectivity index (χ2v) is 6.43. The van der Waals surface area contributed by atoms with Crippen molar-refractivity contribution in [3.8, 4) is 5.75 Å². The lowest BCUT2D eigenvalue weighted by Crippen LogP contribution is -2.26. The van der Waals surface area contributed by atoms with E-state index < -0.39 is 0 Å². The van der Waals surface area contributed by atoms with E-state index in [0.717, 1.165) is 30.8 Å². The number of fused-ring (bicyclic) bond motifs is 1. The van der Waals surface area contributed by atoms with Gasteiger partial charge in [0.05, 0.1) is 7.11 Å². The highest BCUT2D eigenvalue weighted by Gasteiger charge is 2.12. The Morgan fingerprint density at radius 1 is 1.23 bits per heavy atom. The first-order valence-corrected chi connectivity index (χ1v) is 8.81. The van der Waals surface area contributed by atoms with Crippen molar-refractivity contribution in [2.75, 3.05) is 27.7 Å². The van der Waals surface area contributed by atoms with Gasteiger partial charge in [-0.3, -0.25) is 4.79 Å². The lowest BCUT2D eigenvalue weighted by atomic mass is 10.00. The third kappa shape index (κ3) is 6.15. The molecule has 3 rings (SSSR count). The summed E-state index contributed by atoms with van der Waals surface area (Å²) < 4.78 is 17.9. The van der Waals surface area contributed by atoms with Gasteiger partial charge in [0.2, 0.25) is 5.91 Å². The van der Waals surface area contributed by atoms with Gasteiger partial charge in [0, 0.05) is 26.6 Å². The first-order valence-electron chi connectivity index (χ1n) is 8.81. The molecule has 4 nitrogen and oxygen atoms in total. The number of benzene rings is 2. The number of carbonyl (C=O) groups is 1. The van der Waals surface area contributed by atoms with E-state index in [0.29, 0.717) is 12.8 Å². The van der Waals surface area contributed by atoms with Gasteiger partial charge in [-0.2, -0.15) is 0 Å². The normalized spacial score (nSPS) is 13.2. The standard InChI is InChI=1S/C11H15NO.C10H12FNO/c1-12-6-5-9-7-11(13-2)4-3-10(9)8-12;1-12-10(13)6-5-8-3-2-4-9(11)7-8/h3-4,7H,5-6,8H2,1-2H3;2-4,7H,5-6H2,1H3,(H,12,13). The maximum Gasteiger partial charge on any atom is 0.220 e. The van der Waals surface area contributed by atoms with Crippen LogP contribution in [0.5, 0.6) is 5.75 Å². The molecule has 0 atom stereocenters. The molecule has 1 aliphatic rings. The topological polar surface area (TPSA) is 41.6 Å². The van der Waals surface area contributed by atoms with Crippen LogP contribution in [0.2, 0.25) is 0 Å². The quantitative estimate of drug-likeness (QED) is 0.913. The number of likely N-dealkylation sites (N-methyl/N-ethyl adjacent to an activating group) is 1. The van der Waals surface area contributed by atoms with Gasteiger partial charge < -0.3 is 15.0 Å². The van der Waals surface area contributed by atoms with Crippen LogP contribution in [-0.4, -0.2) is 38.6 Å². The molecule has 1 heterocycles. The average Bonchev–Trinajstić information content (AvgIpc) is 2.66. The molecule has 0 fully saturated rings. The lowest BCUT2D eigenvalue weighted by molar-refractivity contribution is -0.120. The van der Waals surface area contributed by atoms with Crippen LogP contribution in [0.25, 0.3) is 0 Å². The highest BCUT2D eigenvalue weighted by Crippen LogP contribution is 2.22. The zero-order valence-corrected chi connectivity index (χ0v) is 15.7. The largest absolute Gasteiger partial charge is 0.497 e. The number of aryl methyl sites for hydroxylation is 1. The molecule has 5 heteroatoms. The summed E-state index contributed by atoms with van der Waals surface area (Å²) in [5, 5.41) is 2.52. The molecule has 0 aliphatic carbocycles. The van der Waals surface area contributed by atoms with Crippen LogP contribution in [0.15, 0.2) is 42.5 Å². The molecular formula is C21H27FN2O2. The molecule has 0 spiro atoms. The number of amides is 1. The molecule has 1 aliphatic heterocycles.